The molecule has 5 nitrogen and oxygen atoms in total. The summed E-state index contributed by atoms with van der Waals surface area (Å²) in [6.07, 6.45) is 1.11. The maximum atomic E-state index is 11.3. The van der Waals surface area contributed by atoms with Crippen LogP contribution in [-0.2, 0) is 11.2 Å². The molecule has 5 rings (SSSR count). The minimum absolute atomic E-state index is 0.149. The number of piperazine rings is 3. The average molecular weight is 347 g/mol. The van der Waals surface area contributed by atoms with Crippen LogP contribution in [0.4, 0.5) is 0 Å². The summed E-state index contributed by atoms with van der Waals surface area (Å²) in [5, 5.41) is 1.14. The van der Waals surface area contributed by atoms with Crippen LogP contribution in [0.3, 0.4) is 0 Å². The molecule has 0 atom stereocenters. The van der Waals surface area contributed by atoms with Gasteiger partial charge in [-0.25, -0.2) is 4.98 Å². The van der Waals surface area contributed by atoms with Crippen molar-refractivity contribution in [2.24, 2.45) is 5.73 Å². The van der Waals surface area contributed by atoms with E-state index in [0.717, 1.165) is 41.1 Å². The number of nitrogens with zero attached hydrogens (tertiary/aromatic N) is 3. The lowest BCUT2D eigenvalue weighted by Crippen LogP contribution is -2.76. The maximum absolute atomic E-state index is 11.3. The number of quaternary nitrogens is 2. The average Bonchev–Trinajstić information content (AvgIpc) is 2.93. The topological polar surface area (TPSA) is 56.0 Å². The van der Waals surface area contributed by atoms with Gasteiger partial charge in [0.25, 0.3) is 5.91 Å². The van der Waals surface area contributed by atoms with Gasteiger partial charge in [0.05, 0.1) is 21.8 Å². The highest BCUT2D eigenvalue weighted by Crippen LogP contribution is 2.28. The van der Waals surface area contributed by atoms with Crippen molar-refractivity contribution in [1.29, 1.82) is 0 Å². The van der Waals surface area contributed by atoms with Gasteiger partial charge in [0.1, 0.15) is 39.3 Å². The Bertz CT molecular complexity index is 760. The van der Waals surface area contributed by atoms with Gasteiger partial charge in [-0.15, -0.1) is 11.3 Å². The Morgan fingerprint density at radius 2 is 1.83 bits per heavy atom. The summed E-state index contributed by atoms with van der Waals surface area (Å²) in [5.41, 5.74) is 7.99. The Morgan fingerprint density at radius 3 is 2.50 bits per heavy atom. The van der Waals surface area contributed by atoms with E-state index in [1.165, 1.54) is 40.9 Å². The van der Waals surface area contributed by atoms with Crippen molar-refractivity contribution in [2.75, 3.05) is 52.4 Å². The number of aromatic nitrogens is 1. The molecule has 0 spiro atoms. The molecule has 128 valence electrons. The van der Waals surface area contributed by atoms with Crippen LogP contribution < -0.4 is 5.73 Å². The quantitative estimate of drug-likeness (QED) is 0.830. The molecule has 6 heteroatoms. The molecule has 1 aromatic carbocycles. The molecule has 2 aromatic rings. The minimum Gasteiger partial charge on any atom is -0.365 e. The van der Waals surface area contributed by atoms with E-state index in [-0.39, 0.29) is 5.91 Å². The van der Waals surface area contributed by atoms with Crippen molar-refractivity contribution in [3.05, 3.63) is 28.8 Å². The van der Waals surface area contributed by atoms with Crippen LogP contribution in [0.1, 0.15) is 10.6 Å². The van der Waals surface area contributed by atoms with Crippen LogP contribution in [0.15, 0.2) is 18.2 Å². The van der Waals surface area contributed by atoms with E-state index in [2.05, 4.69) is 30.1 Å². The lowest BCUT2D eigenvalue weighted by molar-refractivity contribution is -1.08. The zero-order valence-electron chi connectivity index (χ0n) is 14.3. The van der Waals surface area contributed by atoms with Crippen molar-refractivity contribution in [3.8, 4) is 0 Å². The van der Waals surface area contributed by atoms with Crippen LogP contribution in [0.25, 0.3) is 10.2 Å². The van der Waals surface area contributed by atoms with E-state index in [1.807, 2.05) is 0 Å². The highest BCUT2D eigenvalue weighted by atomic mass is 32.1. The second-order valence-electron chi connectivity index (χ2n) is 7.66. The number of fused-ring (bicyclic) bond motifs is 4. The standard InChI is InChI=1S/C18H25N4OS/c1-14-20-16-12-15(2-3-17(16)24-14)4-5-21-6-9-22(10-7-21,11-8-21)13-18(19)23/h2-3,12H,4-11,13H2,1H3,(H-,19,23)/q+1/p+1. The SMILES string of the molecule is Cc1nc2cc(CC[N+]34CC[N+](CC(N)=O)(CC3)CC4)ccc2s1. The zero-order valence-corrected chi connectivity index (χ0v) is 15.1. The minimum atomic E-state index is -0.149. The molecule has 3 aliphatic rings. The molecule has 24 heavy (non-hydrogen) atoms. The lowest BCUT2D eigenvalue weighted by Gasteiger charge is -2.55. The number of benzene rings is 1. The van der Waals surface area contributed by atoms with Gasteiger partial charge in [-0.3, -0.25) is 4.79 Å². The summed E-state index contributed by atoms with van der Waals surface area (Å²) in [6, 6.07) is 6.74. The fourth-order valence-electron chi connectivity index (χ4n) is 4.46. The van der Waals surface area contributed by atoms with Gasteiger partial charge in [0, 0.05) is 6.42 Å². The molecule has 0 aliphatic carbocycles. The van der Waals surface area contributed by atoms with Crippen molar-refractivity contribution in [1.82, 2.24) is 4.98 Å². The first kappa shape index (κ1) is 16.0. The molecule has 3 fully saturated rings. The van der Waals surface area contributed by atoms with Crippen molar-refractivity contribution < 1.29 is 13.8 Å². The largest absolute Gasteiger partial charge is 0.365 e. The Balaban J connectivity index is 1.42. The lowest BCUT2D eigenvalue weighted by atomic mass is 10.0. The van der Waals surface area contributed by atoms with E-state index in [1.54, 1.807) is 11.3 Å². The monoisotopic (exact) mass is 346 g/mol. The Kier molecular flexibility index (Phi) is 3.86. The molecule has 0 unspecified atom stereocenters. The third-order valence-corrected chi connectivity index (χ3v) is 7.02. The Hall–Kier alpha value is -1.50. The predicted molar refractivity (Wildman–Crippen MR) is 96.7 cm³/mol. The molecular formula is C18H26N4OS+2. The van der Waals surface area contributed by atoms with Crippen LogP contribution in [-0.4, -0.2) is 72.2 Å². The van der Waals surface area contributed by atoms with Gasteiger partial charge >= 0.3 is 0 Å². The molecule has 2 bridgehead atoms. The van der Waals surface area contributed by atoms with E-state index in [4.69, 9.17) is 5.73 Å². The maximum Gasteiger partial charge on any atom is 0.272 e. The molecule has 2 N–H and O–H groups in total. The molecule has 1 amide bonds. The number of carbonyl (C=O) groups is 1. The van der Waals surface area contributed by atoms with Crippen LogP contribution in [0, 0.1) is 6.92 Å². The number of hydrogen-bond donors (Lipinski definition) is 1. The first-order chi connectivity index (χ1) is 11.5. The van der Waals surface area contributed by atoms with Gasteiger partial charge in [-0.1, -0.05) is 6.07 Å². The second-order valence-corrected chi connectivity index (χ2v) is 8.89. The van der Waals surface area contributed by atoms with E-state index >= 15 is 0 Å². The summed E-state index contributed by atoms with van der Waals surface area (Å²) in [5.74, 6) is -0.149. The first-order valence-electron chi connectivity index (χ1n) is 8.82. The van der Waals surface area contributed by atoms with Gasteiger partial charge in [0.15, 0.2) is 6.54 Å². The van der Waals surface area contributed by atoms with Crippen LogP contribution in [0.5, 0.6) is 0 Å². The fourth-order valence-corrected chi connectivity index (χ4v) is 5.26. The number of thiazole rings is 1. The molecule has 3 aliphatic heterocycles. The first-order valence-corrected chi connectivity index (χ1v) is 9.64. The summed E-state index contributed by atoms with van der Waals surface area (Å²) in [4.78, 5) is 16.0. The summed E-state index contributed by atoms with van der Waals surface area (Å²) in [6.45, 7) is 10.7. The third-order valence-electron chi connectivity index (χ3n) is 6.07. The number of nitrogens with two attached hydrogens (primary N) is 1. The highest BCUT2D eigenvalue weighted by Gasteiger charge is 2.49. The van der Waals surface area contributed by atoms with E-state index < -0.39 is 0 Å². The number of amides is 1. The normalized spacial score (nSPS) is 29.2. The molecule has 1 aromatic heterocycles. The molecule has 0 radical (unpaired) electrons. The number of hydrogen-bond acceptors (Lipinski definition) is 3. The zero-order chi connectivity index (χ0) is 16.8. The number of carbonyl (C=O) groups excluding carboxylic acids is 1. The van der Waals surface area contributed by atoms with Crippen molar-refractivity contribution >= 4 is 27.5 Å². The van der Waals surface area contributed by atoms with Gasteiger partial charge < -0.3 is 14.7 Å². The Morgan fingerprint density at radius 1 is 1.17 bits per heavy atom. The van der Waals surface area contributed by atoms with Gasteiger partial charge in [-0.2, -0.15) is 0 Å². The predicted octanol–water partition coefficient (Wildman–Crippen LogP) is 1.29. The van der Waals surface area contributed by atoms with E-state index in [9.17, 15) is 4.79 Å². The third kappa shape index (κ3) is 2.94. The molecule has 4 heterocycles. The smallest absolute Gasteiger partial charge is 0.272 e. The number of rotatable bonds is 5. The summed E-state index contributed by atoms with van der Waals surface area (Å²) >= 11 is 1.77. The molecule has 0 saturated carbocycles. The van der Waals surface area contributed by atoms with Gasteiger partial charge in [0.2, 0.25) is 0 Å². The second kappa shape index (κ2) is 5.79. The number of aryl methyl sites for hydroxylation is 1. The van der Waals surface area contributed by atoms with Crippen LogP contribution >= 0.6 is 11.3 Å². The van der Waals surface area contributed by atoms with Crippen molar-refractivity contribution in [3.63, 3.8) is 0 Å². The summed E-state index contributed by atoms with van der Waals surface area (Å²) < 4.78 is 3.43. The number of primary amides is 1. The highest BCUT2D eigenvalue weighted by molar-refractivity contribution is 7.18. The summed E-state index contributed by atoms with van der Waals surface area (Å²) in [7, 11) is 0. The molecule has 3 saturated heterocycles. The van der Waals surface area contributed by atoms with E-state index in [0.29, 0.717) is 6.54 Å². The molecular weight excluding hydrogens is 320 g/mol. The Labute approximate surface area is 146 Å². The fraction of sp³-hybridized carbons (Fsp3) is 0.556. The van der Waals surface area contributed by atoms with Crippen molar-refractivity contribution in [2.45, 2.75) is 13.3 Å². The van der Waals surface area contributed by atoms with Gasteiger partial charge in [-0.05, 0) is 24.6 Å². The van der Waals surface area contributed by atoms with Crippen LogP contribution in [0.2, 0.25) is 0 Å².